The largest absolute Gasteiger partial charge is 0.355 e. The molecule has 6 nitrogen and oxygen atoms in total. The van der Waals surface area contributed by atoms with Gasteiger partial charge in [0.25, 0.3) is 0 Å². The number of anilines is 1. The monoisotopic (exact) mass is 486 g/mol. The van der Waals surface area contributed by atoms with E-state index >= 15 is 0 Å². The minimum atomic E-state index is -0.0863. The molecule has 0 bridgehead atoms. The zero-order valence-electron chi connectivity index (χ0n) is 19.8. The van der Waals surface area contributed by atoms with Gasteiger partial charge in [0, 0.05) is 35.2 Å². The second-order valence-corrected chi connectivity index (χ2v) is 10.6. The van der Waals surface area contributed by atoms with Crippen molar-refractivity contribution < 1.29 is 0 Å². The number of benzene rings is 1. The molecule has 0 spiro atoms. The first-order valence-electron chi connectivity index (χ1n) is 12.0. The molecule has 0 aliphatic carbocycles. The first-order valence-corrected chi connectivity index (χ1v) is 12.8. The molecule has 8 heteroatoms. The number of piperidine rings is 1. The minimum absolute atomic E-state index is 0.0863. The highest BCUT2D eigenvalue weighted by Crippen LogP contribution is 2.33. The summed E-state index contributed by atoms with van der Waals surface area (Å²) in [6, 6.07) is 6.88. The van der Waals surface area contributed by atoms with Crippen molar-refractivity contribution in [2.75, 3.05) is 24.5 Å². The quantitative estimate of drug-likeness (QED) is 0.469. The van der Waals surface area contributed by atoms with Crippen LogP contribution in [0.3, 0.4) is 0 Å². The van der Waals surface area contributed by atoms with Gasteiger partial charge in [-0.25, -0.2) is 14.6 Å². The molecule has 2 aliphatic rings. The highest BCUT2D eigenvalue weighted by atomic mass is 35.5. The van der Waals surface area contributed by atoms with Crippen molar-refractivity contribution in [2.45, 2.75) is 65.1 Å². The number of hydrogen-bond acceptors (Lipinski definition) is 5. The molecule has 33 heavy (non-hydrogen) atoms. The van der Waals surface area contributed by atoms with E-state index in [1.54, 1.807) is 6.07 Å². The van der Waals surface area contributed by atoms with E-state index < -0.39 is 0 Å². The molecule has 2 aromatic heterocycles. The van der Waals surface area contributed by atoms with Crippen molar-refractivity contribution >= 4 is 40.2 Å². The van der Waals surface area contributed by atoms with Gasteiger partial charge in [-0.3, -0.25) is 4.90 Å². The van der Waals surface area contributed by atoms with Gasteiger partial charge in [0.15, 0.2) is 5.65 Å². The number of rotatable bonds is 4. The maximum absolute atomic E-state index is 6.51. The van der Waals surface area contributed by atoms with Gasteiger partial charge >= 0.3 is 0 Å². The van der Waals surface area contributed by atoms with Crippen molar-refractivity contribution in [3.8, 4) is 0 Å². The highest BCUT2D eigenvalue weighted by Gasteiger charge is 2.35. The molecule has 3 aromatic rings. The van der Waals surface area contributed by atoms with Crippen molar-refractivity contribution in [1.29, 1.82) is 0 Å². The van der Waals surface area contributed by atoms with Crippen molar-refractivity contribution in [1.82, 2.24) is 24.6 Å². The van der Waals surface area contributed by atoms with Gasteiger partial charge in [-0.2, -0.15) is 5.10 Å². The molecule has 4 heterocycles. The van der Waals surface area contributed by atoms with Crippen LogP contribution in [0.2, 0.25) is 10.0 Å². The van der Waals surface area contributed by atoms with Crippen LogP contribution < -0.4 is 4.90 Å². The Labute approximate surface area is 205 Å². The van der Waals surface area contributed by atoms with Crippen molar-refractivity contribution in [3.63, 3.8) is 0 Å². The summed E-state index contributed by atoms with van der Waals surface area (Å²) in [5.74, 6) is 1.52. The predicted molar refractivity (Wildman–Crippen MR) is 136 cm³/mol. The SMILES string of the molecule is Cc1nn(C(C)c2ccc(Cl)cc2Cl)c2nc(N3CC[C@H](N4CCC[C@@H]4C)[C@H](C)C3)cnc12. The Kier molecular flexibility index (Phi) is 6.27. The normalized spacial score (nSPS) is 25.2. The average molecular weight is 487 g/mol. The summed E-state index contributed by atoms with van der Waals surface area (Å²) in [6.45, 7) is 12.1. The van der Waals surface area contributed by atoms with E-state index in [2.05, 4.69) is 30.6 Å². The maximum Gasteiger partial charge on any atom is 0.179 e. The van der Waals surface area contributed by atoms with E-state index in [0.717, 1.165) is 41.3 Å². The smallest absolute Gasteiger partial charge is 0.179 e. The Morgan fingerprint density at radius 1 is 1.12 bits per heavy atom. The molecule has 1 aromatic carbocycles. The van der Waals surface area contributed by atoms with Gasteiger partial charge in [-0.1, -0.05) is 36.2 Å². The topological polar surface area (TPSA) is 50.1 Å². The summed E-state index contributed by atoms with van der Waals surface area (Å²) >= 11 is 12.6. The first kappa shape index (κ1) is 22.9. The van der Waals surface area contributed by atoms with Crippen LogP contribution in [0.25, 0.3) is 11.2 Å². The third-order valence-electron chi connectivity index (χ3n) is 7.55. The number of likely N-dealkylation sites (tertiary alicyclic amines) is 1. The lowest BCUT2D eigenvalue weighted by Gasteiger charge is -2.43. The van der Waals surface area contributed by atoms with E-state index in [4.69, 9.17) is 38.3 Å². The second-order valence-electron chi connectivity index (χ2n) is 9.78. The highest BCUT2D eigenvalue weighted by molar-refractivity contribution is 6.35. The summed E-state index contributed by atoms with van der Waals surface area (Å²) in [6.07, 6.45) is 5.73. The molecule has 176 valence electrons. The Balaban J connectivity index is 1.43. The van der Waals surface area contributed by atoms with Crippen LogP contribution >= 0.6 is 23.2 Å². The van der Waals surface area contributed by atoms with Crippen LogP contribution in [-0.4, -0.2) is 56.4 Å². The fourth-order valence-electron chi connectivity index (χ4n) is 5.72. The number of hydrogen-bond donors (Lipinski definition) is 0. The van der Waals surface area contributed by atoms with Crippen LogP contribution in [0.5, 0.6) is 0 Å². The Hall–Kier alpha value is -1.89. The average Bonchev–Trinajstić information content (AvgIpc) is 3.36. The molecule has 0 radical (unpaired) electrons. The lowest BCUT2D eigenvalue weighted by atomic mass is 9.92. The van der Waals surface area contributed by atoms with Crippen LogP contribution in [0.15, 0.2) is 24.4 Å². The van der Waals surface area contributed by atoms with E-state index in [9.17, 15) is 0 Å². The zero-order chi connectivity index (χ0) is 23.3. The Bertz CT molecular complexity index is 1160. The third kappa shape index (κ3) is 4.22. The summed E-state index contributed by atoms with van der Waals surface area (Å²) in [5, 5.41) is 6.04. The molecule has 2 aliphatic heterocycles. The van der Waals surface area contributed by atoms with E-state index in [-0.39, 0.29) is 6.04 Å². The van der Waals surface area contributed by atoms with Gasteiger partial charge in [-0.05, 0) is 70.2 Å². The van der Waals surface area contributed by atoms with E-state index in [1.165, 1.54) is 25.8 Å². The van der Waals surface area contributed by atoms with Gasteiger partial charge in [-0.15, -0.1) is 0 Å². The van der Waals surface area contributed by atoms with Gasteiger partial charge in [0.2, 0.25) is 0 Å². The Morgan fingerprint density at radius 3 is 2.64 bits per heavy atom. The molecular weight excluding hydrogens is 455 g/mol. The number of fused-ring (bicyclic) bond motifs is 1. The van der Waals surface area contributed by atoms with Crippen molar-refractivity contribution in [3.05, 3.63) is 45.7 Å². The van der Waals surface area contributed by atoms with Gasteiger partial charge in [0.1, 0.15) is 11.3 Å². The molecule has 0 amide bonds. The summed E-state index contributed by atoms with van der Waals surface area (Å²) < 4.78 is 1.94. The van der Waals surface area contributed by atoms with E-state index in [0.29, 0.717) is 28.0 Å². The molecule has 2 saturated heterocycles. The lowest BCUT2D eigenvalue weighted by molar-refractivity contribution is 0.122. The fourth-order valence-corrected chi connectivity index (χ4v) is 6.28. The first-order chi connectivity index (χ1) is 15.8. The lowest BCUT2D eigenvalue weighted by Crippen LogP contribution is -2.51. The van der Waals surface area contributed by atoms with Gasteiger partial charge < -0.3 is 4.90 Å². The third-order valence-corrected chi connectivity index (χ3v) is 8.12. The number of aromatic nitrogens is 4. The fraction of sp³-hybridized carbons (Fsp3) is 0.560. The summed E-state index contributed by atoms with van der Waals surface area (Å²) in [7, 11) is 0. The predicted octanol–water partition coefficient (Wildman–Crippen LogP) is 5.75. The molecular formula is C25H32Cl2N6. The van der Waals surface area contributed by atoms with Crippen LogP contribution in [-0.2, 0) is 0 Å². The standard InChI is InChI=1S/C25H32Cl2N6/c1-15-14-31(11-9-22(15)32-10-5-6-16(32)2)23-13-28-24-17(3)30-33(25(24)29-23)18(4)20-8-7-19(26)12-21(20)27/h7-8,12-13,15-16,18,22H,5-6,9-11,14H2,1-4H3/t15-,16+,18?,22+/m1/s1. The molecule has 0 saturated carbocycles. The molecule has 2 fully saturated rings. The second kappa shape index (κ2) is 9.05. The molecule has 4 atom stereocenters. The van der Waals surface area contributed by atoms with Crippen LogP contribution in [0.4, 0.5) is 5.82 Å². The van der Waals surface area contributed by atoms with Crippen molar-refractivity contribution in [2.24, 2.45) is 5.92 Å². The minimum Gasteiger partial charge on any atom is -0.355 e. The Morgan fingerprint density at radius 2 is 1.94 bits per heavy atom. The number of nitrogens with zero attached hydrogens (tertiary/aromatic N) is 6. The number of aryl methyl sites for hydroxylation is 1. The molecule has 0 N–H and O–H groups in total. The maximum atomic E-state index is 6.51. The summed E-state index contributed by atoms with van der Waals surface area (Å²) in [4.78, 5) is 15.0. The molecule has 5 rings (SSSR count). The summed E-state index contributed by atoms with van der Waals surface area (Å²) in [5.41, 5.74) is 3.47. The number of halogens is 2. The molecule has 1 unspecified atom stereocenters. The van der Waals surface area contributed by atoms with Crippen LogP contribution in [0.1, 0.15) is 57.3 Å². The van der Waals surface area contributed by atoms with Crippen LogP contribution in [0, 0.1) is 12.8 Å². The van der Waals surface area contributed by atoms with E-state index in [1.807, 2.05) is 29.9 Å². The van der Waals surface area contributed by atoms with Gasteiger partial charge in [0.05, 0.1) is 17.9 Å². The zero-order valence-corrected chi connectivity index (χ0v) is 21.3.